The largest absolute Gasteiger partial charge is 0.462 e. The summed E-state index contributed by atoms with van der Waals surface area (Å²) >= 11 is 0. The number of hydrogen-bond donors (Lipinski definition) is 2. The van der Waals surface area contributed by atoms with Crippen LogP contribution in [0.3, 0.4) is 0 Å². The molecule has 3 aromatic rings. The van der Waals surface area contributed by atoms with Gasteiger partial charge in [-0.25, -0.2) is 9.48 Å². The molecule has 10 nitrogen and oxygen atoms in total. The molecule has 0 amide bonds. The summed E-state index contributed by atoms with van der Waals surface area (Å²) in [6.45, 7) is 7.28. The summed E-state index contributed by atoms with van der Waals surface area (Å²) in [4.78, 5) is 13.0. The van der Waals surface area contributed by atoms with Crippen LogP contribution < -0.4 is 9.47 Å². The fourth-order valence-corrected chi connectivity index (χ4v) is 4.94. The van der Waals surface area contributed by atoms with Gasteiger partial charge in [-0.15, -0.1) is 5.10 Å². The van der Waals surface area contributed by atoms with Gasteiger partial charge in [-0.2, -0.15) is 0 Å². The second-order valence-corrected chi connectivity index (χ2v) is 10.1. The molecule has 10 heteroatoms. The lowest BCUT2D eigenvalue weighted by molar-refractivity contribution is -0.306. The number of aromatic nitrogens is 3. The van der Waals surface area contributed by atoms with Gasteiger partial charge in [0.2, 0.25) is 6.29 Å². The van der Waals surface area contributed by atoms with Gasteiger partial charge in [0, 0.05) is 24.7 Å². The normalized spacial score (nSPS) is 26.9. The monoisotopic (exact) mass is 509 g/mol. The van der Waals surface area contributed by atoms with E-state index in [-0.39, 0.29) is 0 Å². The van der Waals surface area contributed by atoms with Gasteiger partial charge in [0.25, 0.3) is 0 Å². The lowest BCUT2D eigenvalue weighted by Gasteiger charge is -2.46. The molecule has 3 heterocycles. The molecule has 2 aromatic carbocycles. The Hall–Kier alpha value is -3.31. The average Bonchev–Trinajstić information content (AvgIpc) is 3.34. The Morgan fingerprint density at radius 1 is 1.08 bits per heavy atom. The lowest BCUT2D eigenvalue weighted by atomic mass is 9.89. The van der Waals surface area contributed by atoms with Gasteiger partial charge >= 0.3 is 5.97 Å². The van der Waals surface area contributed by atoms with E-state index in [0.717, 1.165) is 16.7 Å². The number of aliphatic hydroxyl groups excluding tert-OH is 2. The van der Waals surface area contributed by atoms with Crippen molar-refractivity contribution in [2.45, 2.75) is 70.4 Å². The van der Waals surface area contributed by atoms with Crippen LogP contribution in [0.2, 0.25) is 0 Å². The van der Waals surface area contributed by atoms with Crippen LogP contribution >= 0.6 is 0 Å². The molecule has 0 saturated carbocycles. The number of hydrogen-bond acceptors (Lipinski definition) is 9. The van der Waals surface area contributed by atoms with Crippen molar-refractivity contribution in [2.24, 2.45) is 0 Å². The molecule has 2 N–H and O–H groups in total. The van der Waals surface area contributed by atoms with Crippen LogP contribution in [0.1, 0.15) is 36.6 Å². The van der Waals surface area contributed by atoms with Crippen LogP contribution in [0, 0.1) is 13.8 Å². The number of carbonyl (C=O) groups excluding carboxylic acids is 1. The summed E-state index contributed by atoms with van der Waals surface area (Å²) in [5.74, 6) is 0.314. The van der Waals surface area contributed by atoms with Gasteiger partial charge in [0.05, 0.1) is 11.8 Å². The van der Waals surface area contributed by atoms with Crippen LogP contribution in [0.25, 0.3) is 11.3 Å². The summed E-state index contributed by atoms with van der Waals surface area (Å²) in [6, 6.07) is 10.8. The molecule has 0 aliphatic carbocycles. The number of ether oxygens (including phenoxy) is 4. The number of carbonyl (C=O) groups is 1. The Morgan fingerprint density at radius 3 is 2.51 bits per heavy atom. The van der Waals surface area contributed by atoms with E-state index in [4.69, 9.17) is 18.9 Å². The van der Waals surface area contributed by atoms with E-state index in [9.17, 15) is 15.0 Å². The number of aryl methyl sites for hydroxylation is 1. The number of aliphatic hydroxyl groups is 2. The van der Waals surface area contributed by atoms with Gasteiger partial charge in [0.1, 0.15) is 35.5 Å². The quantitative estimate of drug-likeness (QED) is 0.394. The third-order valence-electron chi connectivity index (χ3n) is 7.04. The van der Waals surface area contributed by atoms with Crippen LogP contribution in [0.5, 0.6) is 11.5 Å². The molecular weight excluding hydrogens is 478 g/mol. The summed E-state index contributed by atoms with van der Waals surface area (Å²) in [7, 11) is 1.45. The minimum atomic E-state index is -1.34. The molecule has 1 unspecified atom stereocenters. The molecule has 1 saturated heterocycles. The highest BCUT2D eigenvalue weighted by Crippen LogP contribution is 2.40. The minimum Gasteiger partial charge on any atom is -0.462 e. The zero-order valence-electron chi connectivity index (χ0n) is 21.4. The van der Waals surface area contributed by atoms with Gasteiger partial charge in [-0.3, -0.25) is 0 Å². The second kappa shape index (κ2) is 9.53. The standard InChI is InChI=1S/C27H31N3O7/c1-14-6-8-16(9-7-14)18-13-30(29-28-18)19-12-17-10-11-20(15(2)23(17)36-25(19)33)35-26-22(32)21(31)24(34-5)27(3,4)37-26/h6-11,13,19,21-22,24,26,31-32H,12H2,1-5H3/t19?,21-,22+,24+,26+/m0/s1. The van der Waals surface area contributed by atoms with Crippen LogP contribution in [0.15, 0.2) is 42.6 Å². The van der Waals surface area contributed by atoms with Crippen molar-refractivity contribution in [3.8, 4) is 22.8 Å². The summed E-state index contributed by atoms with van der Waals surface area (Å²) < 4.78 is 24.5. The van der Waals surface area contributed by atoms with E-state index in [1.165, 1.54) is 11.8 Å². The van der Waals surface area contributed by atoms with E-state index in [2.05, 4.69) is 10.3 Å². The van der Waals surface area contributed by atoms with Gasteiger partial charge in [-0.1, -0.05) is 41.1 Å². The van der Waals surface area contributed by atoms with E-state index in [1.807, 2.05) is 37.3 Å². The van der Waals surface area contributed by atoms with Gasteiger partial charge in [0.15, 0.2) is 6.04 Å². The fourth-order valence-electron chi connectivity index (χ4n) is 4.94. The molecular formula is C27H31N3O7. The van der Waals surface area contributed by atoms with Crippen molar-refractivity contribution < 1.29 is 34.0 Å². The van der Waals surface area contributed by atoms with Crippen molar-refractivity contribution in [2.75, 3.05) is 7.11 Å². The Labute approximate surface area is 214 Å². The highest BCUT2D eigenvalue weighted by Gasteiger charge is 2.50. The average molecular weight is 510 g/mol. The second-order valence-electron chi connectivity index (χ2n) is 10.1. The maximum absolute atomic E-state index is 13.0. The first-order valence-electron chi connectivity index (χ1n) is 12.2. The van der Waals surface area contributed by atoms with Gasteiger partial charge in [-0.05, 0) is 39.3 Å². The lowest BCUT2D eigenvalue weighted by Crippen LogP contribution is -2.63. The number of nitrogens with zero attached hydrogens (tertiary/aromatic N) is 3. The van der Waals surface area contributed by atoms with Crippen molar-refractivity contribution in [1.82, 2.24) is 15.0 Å². The molecule has 5 rings (SSSR count). The minimum absolute atomic E-state index is 0.371. The fraction of sp³-hybridized carbons (Fsp3) is 0.444. The van der Waals surface area contributed by atoms with Crippen molar-refractivity contribution in [1.29, 1.82) is 0 Å². The van der Waals surface area contributed by atoms with Crippen molar-refractivity contribution in [3.05, 3.63) is 59.3 Å². The number of benzene rings is 2. The Bertz CT molecular complexity index is 1300. The number of esters is 1. The maximum Gasteiger partial charge on any atom is 0.336 e. The zero-order chi connectivity index (χ0) is 26.5. The van der Waals surface area contributed by atoms with E-state index in [0.29, 0.717) is 29.2 Å². The Kier molecular flexibility index (Phi) is 6.53. The highest BCUT2D eigenvalue weighted by molar-refractivity contribution is 5.80. The molecule has 196 valence electrons. The molecule has 37 heavy (non-hydrogen) atoms. The molecule has 2 aliphatic rings. The SMILES string of the molecule is CO[C@@H]1[C@@H](O)[C@@H](O)[C@H](Oc2ccc3c(c2C)OC(=O)C(n2cc(-c4ccc(C)cc4)nn2)C3)OC1(C)C. The number of rotatable bonds is 5. The third kappa shape index (κ3) is 4.61. The number of methoxy groups -OCH3 is 1. The van der Waals surface area contributed by atoms with Crippen molar-refractivity contribution in [3.63, 3.8) is 0 Å². The van der Waals surface area contributed by atoms with Crippen LogP contribution in [-0.2, 0) is 20.7 Å². The van der Waals surface area contributed by atoms with Crippen LogP contribution in [0.4, 0.5) is 0 Å². The van der Waals surface area contributed by atoms with E-state index >= 15 is 0 Å². The summed E-state index contributed by atoms with van der Waals surface area (Å²) in [5.41, 5.74) is 3.22. The molecule has 0 spiro atoms. The van der Waals surface area contributed by atoms with E-state index < -0.39 is 42.2 Å². The Morgan fingerprint density at radius 2 is 1.81 bits per heavy atom. The smallest absolute Gasteiger partial charge is 0.336 e. The first-order chi connectivity index (χ1) is 17.6. The predicted octanol–water partition coefficient (Wildman–Crippen LogP) is 2.52. The molecule has 1 fully saturated rings. The number of fused-ring (bicyclic) bond motifs is 1. The molecule has 1 aromatic heterocycles. The predicted molar refractivity (Wildman–Crippen MR) is 132 cm³/mol. The van der Waals surface area contributed by atoms with Crippen LogP contribution in [-0.4, -0.2) is 68.5 Å². The highest BCUT2D eigenvalue weighted by atomic mass is 16.7. The summed E-state index contributed by atoms with van der Waals surface area (Å²) in [6.07, 6.45) is -2.30. The maximum atomic E-state index is 13.0. The first kappa shape index (κ1) is 25.3. The van der Waals surface area contributed by atoms with E-state index in [1.54, 1.807) is 33.0 Å². The summed E-state index contributed by atoms with van der Waals surface area (Å²) in [5, 5.41) is 29.5. The Balaban J connectivity index is 1.35. The molecule has 2 aliphatic heterocycles. The van der Waals surface area contributed by atoms with Gasteiger partial charge < -0.3 is 29.2 Å². The third-order valence-corrected chi connectivity index (χ3v) is 7.04. The first-order valence-corrected chi connectivity index (χ1v) is 12.2. The van der Waals surface area contributed by atoms with Crippen molar-refractivity contribution >= 4 is 5.97 Å². The topological polar surface area (TPSA) is 125 Å². The molecule has 0 radical (unpaired) electrons. The zero-order valence-corrected chi connectivity index (χ0v) is 21.4. The molecule has 0 bridgehead atoms. The molecule has 5 atom stereocenters.